The second-order valence-electron chi connectivity index (χ2n) is 7.44. The van der Waals surface area contributed by atoms with E-state index < -0.39 is 11.4 Å². The molecule has 1 heterocycles. The normalized spacial score (nSPS) is 11.5. The molecule has 134 valence electrons. The zero-order chi connectivity index (χ0) is 18.4. The molecule has 1 aromatic heterocycles. The molecule has 2 rings (SSSR count). The zero-order valence-corrected chi connectivity index (χ0v) is 16.0. The van der Waals surface area contributed by atoms with Gasteiger partial charge in [-0.2, -0.15) is 0 Å². The van der Waals surface area contributed by atoms with Gasteiger partial charge >= 0.3 is 5.97 Å². The lowest BCUT2D eigenvalue weighted by atomic mass is 9.84. The van der Waals surface area contributed by atoms with E-state index in [1.807, 2.05) is 26.0 Å². The Kier molecular flexibility index (Phi) is 6.54. The summed E-state index contributed by atoms with van der Waals surface area (Å²) in [7, 11) is 0. The van der Waals surface area contributed by atoms with Crippen molar-refractivity contribution in [2.75, 3.05) is 0 Å². The first-order chi connectivity index (χ1) is 11.7. The summed E-state index contributed by atoms with van der Waals surface area (Å²) in [5.74, 6) is -0.818. The van der Waals surface area contributed by atoms with E-state index in [1.165, 1.54) is 16.0 Å². The maximum absolute atomic E-state index is 12.4. The van der Waals surface area contributed by atoms with Gasteiger partial charge in [0.1, 0.15) is 0 Å². The third-order valence-corrected chi connectivity index (χ3v) is 5.40. The summed E-state index contributed by atoms with van der Waals surface area (Å²) < 4.78 is 0. The van der Waals surface area contributed by atoms with Crippen molar-refractivity contribution in [2.45, 2.75) is 52.9 Å². The molecule has 0 aliphatic rings. The van der Waals surface area contributed by atoms with Gasteiger partial charge in [0.25, 0.3) is 0 Å². The fourth-order valence-electron chi connectivity index (χ4n) is 2.88. The molecule has 25 heavy (non-hydrogen) atoms. The van der Waals surface area contributed by atoms with Gasteiger partial charge in [-0.15, -0.1) is 11.3 Å². The number of carbonyl (C=O) groups excluding carboxylic acids is 1. The van der Waals surface area contributed by atoms with Crippen LogP contribution in [0.1, 0.15) is 58.8 Å². The Balaban J connectivity index is 1.85. The molecule has 0 saturated carbocycles. The molecular weight excluding hydrogens is 332 g/mol. The molecule has 0 saturated heterocycles. The van der Waals surface area contributed by atoms with Crippen LogP contribution in [0.25, 0.3) is 0 Å². The second-order valence-corrected chi connectivity index (χ2v) is 8.61. The molecule has 0 fully saturated rings. The average molecular weight is 359 g/mol. The van der Waals surface area contributed by atoms with Gasteiger partial charge in [-0.3, -0.25) is 9.59 Å². The second kappa shape index (κ2) is 8.43. The Labute approximate surface area is 153 Å². The Bertz CT molecular complexity index is 726. The predicted molar refractivity (Wildman–Crippen MR) is 103 cm³/mol. The van der Waals surface area contributed by atoms with Crippen molar-refractivity contribution >= 4 is 23.1 Å². The highest BCUT2D eigenvalue weighted by molar-refractivity contribution is 7.14. The van der Waals surface area contributed by atoms with E-state index in [1.54, 1.807) is 11.3 Å². The number of thiophene rings is 1. The van der Waals surface area contributed by atoms with Crippen LogP contribution >= 0.6 is 11.3 Å². The molecule has 1 N–H and O–H groups in total. The molecule has 0 amide bonds. The Morgan fingerprint density at radius 1 is 1.00 bits per heavy atom. The van der Waals surface area contributed by atoms with Crippen LogP contribution in [0.3, 0.4) is 0 Å². The predicted octanol–water partition coefficient (Wildman–Crippen LogP) is 5.31. The fraction of sp³-hybridized carbons (Fsp3) is 0.429. The Morgan fingerprint density at radius 2 is 1.68 bits per heavy atom. The van der Waals surface area contributed by atoms with Crippen molar-refractivity contribution in [3.63, 3.8) is 0 Å². The van der Waals surface area contributed by atoms with Gasteiger partial charge in [0.15, 0.2) is 5.78 Å². The highest BCUT2D eigenvalue weighted by atomic mass is 32.1. The summed E-state index contributed by atoms with van der Waals surface area (Å²) in [6.45, 7) is 5.75. The number of benzene rings is 1. The molecular formula is C21H26O3S. The third kappa shape index (κ3) is 6.46. The maximum atomic E-state index is 12.4. The van der Waals surface area contributed by atoms with Crippen LogP contribution in [0.4, 0.5) is 0 Å². The van der Waals surface area contributed by atoms with Crippen LogP contribution in [0, 0.1) is 12.3 Å². The minimum absolute atomic E-state index is 0.00746. The minimum Gasteiger partial charge on any atom is -0.481 e. The monoisotopic (exact) mass is 358 g/mol. The lowest BCUT2D eigenvalue weighted by molar-refractivity contribution is -0.139. The molecule has 0 radical (unpaired) electrons. The number of carboxylic acid groups (broad SMARTS) is 1. The largest absolute Gasteiger partial charge is 0.481 e. The van der Waals surface area contributed by atoms with Gasteiger partial charge in [0, 0.05) is 11.3 Å². The van der Waals surface area contributed by atoms with Gasteiger partial charge in [-0.25, -0.2) is 0 Å². The van der Waals surface area contributed by atoms with E-state index in [4.69, 9.17) is 5.11 Å². The molecule has 0 spiro atoms. The van der Waals surface area contributed by atoms with Gasteiger partial charge in [-0.1, -0.05) is 43.7 Å². The molecule has 0 aliphatic heterocycles. The van der Waals surface area contributed by atoms with Crippen molar-refractivity contribution in [2.24, 2.45) is 5.41 Å². The number of aryl methyl sites for hydroxylation is 3. The quantitative estimate of drug-likeness (QED) is 0.618. The minimum atomic E-state index is -0.860. The number of aliphatic carboxylic acids is 1. The van der Waals surface area contributed by atoms with Crippen LogP contribution in [0.15, 0.2) is 36.4 Å². The molecule has 4 heteroatoms. The molecule has 3 nitrogen and oxygen atoms in total. The van der Waals surface area contributed by atoms with E-state index in [0.29, 0.717) is 0 Å². The smallest absolute Gasteiger partial charge is 0.303 e. The standard InChI is InChI=1S/C21H26O3S/c1-15-7-9-16(10-8-15)5-4-6-17-11-12-19(25-17)18(22)13-21(2,3)14-20(23)24/h7-12H,4-6,13-14H2,1-3H3,(H,23,24). The summed E-state index contributed by atoms with van der Waals surface area (Å²) in [5.41, 5.74) is 2.10. The van der Waals surface area contributed by atoms with Crippen molar-refractivity contribution in [3.8, 4) is 0 Å². The van der Waals surface area contributed by atoms with Crippen LogP contribution < -0.4 is 0 Å². The highest BCUT2D eigenvalue weighted by Gasteiger charge is 2.26. The van der Waals surface area contributed by atoms with E-state index >= 15 is 0 Å². The highest BCUT2D eigenvalue weighted by Crippen LogP contribution is 2.29. The van der Waals surface area contributed by atoms with Crippen LogP contribution in [-0.2, 0) is 17.6 Å². The number of Topliss-reactive ketones (excluding diaryl/α,β-unsaturated/α-hetero) is 1. The first-order valence-corrected chi connectivity index (χ1v) is 9.46. The van der Waals surface area contributed by atoms with E-state index in [9.17, 15) is 9.59 Å². The van der Waals surface area contributed by atoms with Crippen molar-refractivity contribution in [3.05, 3.63) is 57.3 Å². The Hall–Kier alpha value is -1.94. The fourth-order valence-corrected chi connectivity index (χ4v) is 3.86. The third-order valence-electron chi connectivity index (χ3n) is 4.21. The zero-order valence-electron chi connectivity index (χ0n) is 15.2. The molecule has 1 aromatic carbocycles. The van der Waals surface area contributed by atoms with Crippen LogP contribution in [0.2, 0.25) is 0 Å². The molecule has 0 aliphatic carbocycles. The molecule has 0 atom stereocenters. The summed E-state index contributed by atoms with van der Waals surface area (Å²) in [4.78, 5) is 25.2. The van der Waals surface area contributed by atoms with Crippen LogP contribution in [0.5, 0.6) is 0 Å². The number of rotatable bonds is 9. The SMILES string of the molecule is Cc1ccc(CCCc2ccc(C(=O)CC(C)(C)CC(=O)O)s2)cc1. The first kappa shape index (κ1) is 19.4. The van der Waals surface area contributed by atoms with Gasteiger partial charge < -0.3 is 5.11 Å². The number of hydrogen-bond donors (Lipinski definition) is 1. The summed E-state index contributed by atoms with van der Waals surface area (Å²) in [5, 5.41) is 8.93. The number of ketones is 1. The maximum Gasteiger partial charge on any atom is 0.303 e. The van der Waals surface area contributed by atoms with E-state index in [0.717, 1.165) is 24.1 Å². The molecule has 0 bridgehead atoms. The van der Waals surface area contributed by atoms with Gasteiger partial charge in [0.05, 0.1) is 11.3 Å². The summed E-state index contributed by atoms with van der Waals surface area (Å²) in [6.07, 6.45) is 3.33. The molecule has 0 unspecified atom stereocenters. The lowest BCUT2D eigenvalue weighted by Gasteiger charge is -2.20. The molecule has 2 aromatic rings. The van der Waals surface area contributed by atoms with E-state index in [-0.39, 0.29) is 18.6 Å². The van der Waals surface area contributed by atoms with Crippen molar-refractivity contribution in [1.29, 1.82) is 0 Å². The van der Waals surface area contributed by atoms with Crippen molar-refractivity contribution < 1.29 is 14.7 Å². The topological polar surface area (TPSA) is 54.4 Å². The van der Waals surface area contributed by atoms with Gasteiger partial charge in [0.2, 0.25) is 0 Å². The summed E-state index contributed by atoms with van der Waals surface area (Å²) >= 11 is 1.54. The van der Waals surface area contributed by atoms with Gasteiger partial charge in [-0.05, 0) is 49.3 Å². The first-order valence-electron chi connectivity index (χ1n) is 8.64. The number of carboxylic acids is 1. The Morgan fingerprint density at radius 3 is 2.32 bits per heavy atom. The van der Waals surface area contributed by atoms with Crippen molar-refractivity contribution in [1.82, 2.24) is 0 Å². The number of hydrogen-bond acceptors (Lipinski definition) is 3. The lowest BCUT2D eigenvalue weighted by Crippen LogP contribution is -2.20. The van der Waals surface area contributed by atoms with Crippen LogP contribution in [-0.4, -0.2) is 16.9 Å². The summed E-state index contributed by atoms with van der Waals surface area (Å²) in [6, 6.07) is 12.5. The van der Waals surface area contributed by atoms with E-state index in [2.05, 4.69) is 31.2 Å². The average Bonchev–Trinajstić information content (AvgIpc) is 2.96. The number of carbonyl (C=O) groups is 2.